The Hall–Kier alpha value is -3.85. The number of nitrogens with one attached hydrogen (secondary N) is 2. The van der Waals surface area contributed by atoms with Gasteiger partial charge >= 0.3 is 5.69 Å². The number of aromatic amines is 1. The van der Waals surface area contributed by atoms with Crippen molar-refractivity contribution >= 4 is 37.5 Å². The number of rotatable bonds is 9. The maximum absolute atomic E-state index is 13.2. The second-order valence-electron chi connectivity index (χ2n) is 7.61. The largest absolute Gasteiger partial charge is 0.457 e. The summed E-state index contributed by atoms with van der Waals surface area (Å²) >= 11 is 1.15. The van der Waals surface area contributed by atoms with Crippen molar-refractivity contribution < 1.29 is 23.2 Å². The fourth-order valence-corrected chi connectivity index (χ4v) is 5.68. The molecule has 0 aliphatic heterocycles. The number of likely N-dealkylation sites (N-methyl/N-ethyl adjacent to an activating group) is 1. The molecule has 3 aromatic heterocycles. The van der Waals surface area contributed by atoms with Gasteiger partial charge in [0.05, 0.1) is 10.4 Å². The van der Waals surface area contributed by atoms with Crippen LogP contribution in [0.3, 0.4) is 0 Å². The summed E-state index contributed by atoms with van der Waals surface area (Å²) in [6, 6.07) is 9.01. The topological polar surface area (TPSA) is 164 Å². The predicted molar refractivity (Wildman–Crippen MR) is 131 cm³/mol. The normalized spacial score (nSPS) is 12.5. The van der Waals surface area contributed by atoms with E-state index in [1.165, 1.54) is 36.8 Å². The van der Waals surface area contributed by atoms with E-state index in [1.807, 2.05) is 0 Å². The molecule has 1 aromatic carbocycles. The standard InChI is InChI=1S/C22H21N5O7S2/c1-26(36(32,33)16-4-2-14(3-5-16)34-15-6-10-23-11-7-15)18(20(28)25-31)8-12-27-21(29)19-17(9-13-35-19)24-22(27)30/h2-7,9-11,13,18,31H,8,12H2,1H3,(H,24,30)(H,25,28). The summed E-state index contributed by atoms with van der Waals surface area (Å²) in [6.07, 6.45) is 2.84. The first kappa shape index (κ1) is 25.2. The number of hydroxylamine groups is 1. The molecule has 4 aromatic rings. The van der Waals surface area contributed by atoms with E-state index < -0.39 is 33.2 Å². The number of nitrogens with zero attached hydrogens (tertiary/aromatic N) is 3. The lowest BCUT2D eigenvalue weighted by atomic mass is 10.2. The van der Waals surface area contributed by atoms with E-state index in [9.17, 15) is 28.0 Å². The van der Waals surface area contributed by atoms with Crippen LogP contribution in [-0.2, 0) is 21.4 Å². The third kappa shape index (κ3) is 5.06. The van der Waals surface area contributed by atoms with Crippen molar-refractivity contribution in [3.63, 3.8) is 0 Å². The zero-order chi connectivity index (χ0) is 25.9. The van der Waals surface area contributed by atoms with Gasteiger partial charge in [-0.25, -0.2) is 18.7 Å². The molecule has 3 heterocycles. The van der Waals surface area contributed by atoms with E-state index in [4.69, 9.17) is 4.74 Å². The van der Waals surface area contributed by atoms with Gasteiger partial charge in [0.15, 0.2) is 0 Å². The molecule has 1 atom stereocenters. The van der Waals surface area contributed by atoms with E-state index in [1.54, 1.807) is 36.0 Å². The highest BCUT2D eigenvalue weighted by atomic mass is 32.2. The molecule has 0 radical (unpaired) electrons. The van der Waals surface area contributed by atoms with Crippen molar-refractivity contribution in [3.8, 4) is 11.5 Å². The van der Waals surface area contributed by atoms with Crippen molar-refractivity contribution in [3.05, 3.63) is 81.1 Å². The molecule has 14 heteroatoms. The van der Waals surface area contributed by atoms with Gasteiger partial charge in [-0.3, -0.25) is 24.3 Å². The average Bonchev–Trinajstić information content (AvgIpc) is 3.35. The summed E-state index contributed by atoms with van der Waals surface area (Å²) in [5.74, 6) is -0.112. The number of hydrogen-bond donors (Lipinski definition) is 3. The Labute approximate surface area is 208 Å². The van der Waals surface area contributed by atoms with E-state index in [0.717, 1.165) is 20.2 Å². The Morgan fingerprint density at radius 2 is 1.83 bits per heavy atom. The molecular formula is C22H21N5O7S2. The van der Waals surface area contributed by atoms with Crippen molar-refractivity contribution in [2.24, 2.45) is 0 Å². The van der Waals surface area contributed by atoms with Crippen LogP contribution in [0.4, 0.5) is 0 Å². The van der Waals surface area contributed by atoms with Crippen LogP contribution >= 0.6 is 11.3 Å². The molecule has 0 fully saturated rings. The number of ether oxygens (including phenoxy) is 1. The Bertz CT molecular complexity index is 1600. The zero-order valence-electron chi connectivity index (χ0n) is 18.8. The van der Waals surface area contributed by atoms with Crippen LogP contribution in [0, 0.1) is 0 Å². The number of pyridine rings is 1. The maximum atomic E-state index is 13.2. The van der Waals surface area contributed by atoms with E-state index in [2.05, 4.69) is 9.97 Å². The minimum absolute atomic E-state index is 0.127. The summed E-state index contributed by atoms with van der Waals surface area (Å²) in [4.78, 5) is 43.8. The highest BCUT2D eigenvalue weighted by Gasteiger charge is 2.33. The van der Waals surface area contributed by atoms with Gasteiger partial charge in [-0.1, -0.05) is 0 Å². The number of H-pyrrole nitrogens is 1. The lowest BCUT2D eigenvalue weighted by molar-refractivity contribution is -0.133. The number of amides is 1. The van der Waals surface area contributed by atoms with Crippen molar-refractivity contribution in [2.45, 2.75) is 23.9 Å². The third-order valence-corrected chi connectivity index (χ3v) is 8.24. The number of carbonyl (C=O) groups is 1. The van der Waals surface area contributed by atoms with Crippen LogP contribution in [0.5, 0.6) is 11.5 Å². The highest BCUT2D eigenvalue weighted by Crippen LogP contribution is 2.25. The lowest BCUT2D eigenvalue weighted by Crippen LogP contribution is -2.48. The molecule has 12 nitrogen and oxygen atoms in total. The summed E-state index contributed by atoms with van der Waals surface area (Å²) in [5.41, 5.74) is 0.607. The van der Waals surface area contributed by atoms with Gasteiger partial charge in [0, 0.05) is 26.0 Å². The molecule has 0 bridgehead atoms. The molecule has 0 saturated heterocycles. The van der Waals surface area contributed by atoms with Gasteiger partial charge in [0.25, 0.3) is 11.5 Å². The minimum Gasteiger partial charge on any atom is -0.457 e. The predicted octanol–water partition coefficient (Wildman–Crippen LogP) is 1.52. The molecular weight excluding hydrogens is 510 g/mol. The number of fused-ring (bicyclic) bond motifs is 1. The summed E-state index contributed by atoms with van der Waals surface area (Å²) < 4.78 is 34.1. The zero-order valence-corrected chi connectivity index (χ0v) is 20.5. The molecule has 3 N–H and O–H groups in total. The Kier molecular flexibility index (Phi) is 7.30. The maximum Gasteiger partial charge on any atom is 0.328 e. The average molecular weight is 532 g/mol. The molecule has 4 rings (SSSR count). The first-order valence-corrected chi connectivity index (χ1v) is 12.8. The van der Waals surface area contributed by atoms with Crippen LogP contribution in [0.2, 0.25) is 0 Å². The number of aromatic nitrogens is 3. The van der Waals surface area contributed by atoms with Gasteiger partial charge in [0.1, 0.15) is 22.2 Å². The van der Waals surface area contributed by atoms with Crippen LogP contribution in [-0.4, -0.2) is 51.5 Å². The smallest absolute Gasteiger partial charge is 0.328 e. The van der Waals surface area contributed by atoms with Gasteiger partial charge in [-0.2, -0.15) is 4.31 Å². The highest BCUT2D eigenvalue weighted by molar-refractivity contribution is 7.89. The summed E-state index contributed by atoms with van der Waals surface area (Å²) in [5, 5.41) is 10.9. The Balaban J connectivity index is 1.56. The number of sulfonamides is 1. The lowest BCUT2D eigenvalue weighted by Gasteiger charge is -2.26. The number of thiophene rings is 1. The van der Waals surface area contributed by atoms with Gasteiger partial charge in [-0.15, -0.1) is 11.3 Å². The molecule has 188 valence electrons. The molecule has 0 aliphatic carbocycles. The van der Waals surface area contributed by atoms with Crippen LogP contribution in [0.1, 0.15) is 6.42 Å². The molecule has 1 unspecified atom stereocenters. The number of benzene rings is 1. The molecule has 36 heavy (non-hydrogen) atoms. The molecule has 1 amide bonds. The fraction of sp³-hybridized carbons (Fsp3) is 0.182. The second-order valence-corrected chi connectivity index (χ2v) is 10.5. The number of hydrogen-bond acceptors (Lipinski definition) is 9. The van der Waals surface area contributed by atoms with Gasteiger partial charge < -0.3 is 9.72 Å². The quantitative estimate of drug-likeness (QED) is 0.216. The van der Waals surface area contributed by atoms with Crippen LogP contribution in [0.25, 0.3) is 10.2 Å². The van der Waals surface area contributed by atoms with E-state index >= 15 is 0 Å². The first-order valence-electron chi connectivity index (χ1n) is 10.5. The Morgan fingerprint density at radius 1 is 1.17 bits per heavy atom. The van der Waals surface area contributed by atoms with Crippen molar-refractivity contribution in [2.75, 3.05) is 7.05 Å². The first-order chi connectivity index (χ1) is 17.2. The third-order valence-electron chi connectivity index (χ3n) is 5.46. The molecule has 0 aliphatic rings. The van der Waals surface area contributed by atoms with Crippen molar-refractivity contribution in [1.82, 2.24) is 24.3 Å². The SMILES string of the molecule is CN(C(CCn1c(=O)[nH]c2ccsc2c1=O)C(=O)NO)S(=O)(=O)c1ccc(Oc2ccncc2)cc1. The van der Waals surface area contributed by atoms with Gasteiger partial charge in [0.2, 0.25) is 10.0 Å². The van der Waals surface area contributed by atoms with Crippen LogP contribution < -0.4 is 21.5 Å². The van der Waals surface area contributed by atoms with Crippen molar-refractivity contribution in [1.29, 1.82) is 0 Å². The van der Waals surface area contributed by atoms with E-state index in [-0.39, 0.29) is 17.9 Å². The monoisotopic (exact) mass is 531 g/mol. The van der Waals surface area contributed by atoms with Crippen LogP contribution in [0.15, 0.2) is 74.7 Å². The minimum atomic E-state index is -4.21. The second kappa shape index (κ2) is 10.4. The molecule has 0 saturated carbocycles. The summed E-state index contributed by atoms with van der Waals surface area (Å²) in [6.45, 7) is -0.265. The fourth-order valence-electron chi connectivity index (χ4n) is 3.53. The number of carbonyl (C=O) groups excluding carboxylic acids is 1. The van der Waals surface area contributed by atoms with Gasteiger partial charge in [-0.05, 0) is 54.3 Å². The van der Waals surface area contributed by atoms with E-state index in [0.29, 0.717) is 21.7 Å². The summed E-state index contributed by atoms with van der Waals surface area (Å²) in [7, 11) is -3.04. The molecule has 0 spiro atoms. The Morgan fingerprint density at radius 3 is 2.50 bits per heavy atom.